The highest BCUT2D eigenvalue weighted by Crippen LogP contribution is 2.43. The molecule has 4 atom stereocenters. The van der Waals surface area contributed by atoms with Crippen LogP contribution in [-0.2, 0) is 9.59 Å². The summed E-state index contributed by atoms with van der Waals surface area (Å²) in [5.74, 6) is 2.13. The van der Waals surface area contributed by atoms with Crippen molar-refractivity contribution in [3.05, 3.63) is 0 Å². The number of amides is 2. The van der Waals surface area contributed by atoms with Gasteiger partial charge in [-0.25, -0.2) is 0 Å². The van der Waals surface area contributed by atoms with Crippen LogP contribution in [0.4, 0.5) is 0 Å². The molecule has 0 radical (unpaired) electrons. The van der Waals surface area contributed by atoms with Gasteiger partial charge in [-0.2, -0.15) is 0 Å². The number of hydrogen-bond donors (Lipinski definition) is 1. The van der Waals surface area contributed by atoms with Gasteiger partial charge in [-0.15, -0.1) is 0 Å². The molecule has 26 heavy (non-hydrogen) atoms. The van der Waals surface area contributed by atoms with Crippen LogP contribution in [0.15, 0.2) is 0 Å². The van der Waals surface area contributed by atoms with Crippen LogP contribution in [0.25, 0.3) is 0 Å². The summed E-state index contributed by atoms with van der Waals surface area (Å²) in [6.45, 7) is 10.1. The molecule has 148 valence electrons. The average molecular weight is 364 g/mol. The lowest BCUT2D eigenvalue weighted by Crippen LogP contribution is -2.65. The Morgan fingerprint density at radius 2 is 1.88 bits per heavy atom. The van der Waals surface area contributed by atoms with E-state index in [0.29, 0.717) is 36.3 Å². The lowest BCUT2D eigenvalue weighted by Gasteiger charge is -2.57. The minimum Gasteiger partial charge on any atom is -0.356 e. The van der Waals surface area contributed by atoms with E-state index in [2.05, 4.69) is 29.0 Å². The highest BCUT2D eigenvalue weighted by Gasteiger charge is 2.48. The smallest absolute Gasteiger partial charge is 0.220 e. The molecule has 1 N–H and O–H groups in total. The van der Waals surface area contributed by atoms with E-state index in [1.807, 2.05) is 0 Å². The number of likely N-dealkylation sites (tertiary alicyclic amines) is 1. The second kappa shape index (κ2) is 8.73. The number of nitrogens with zero attached hydrogens (tertiary/aromatic N) is 2. The molecule has 0 aromatic carbocycles. The molecule has 3 heterocycles. The van der Waals surface area contributed by atoms with Gasteiger partial charge < -0.3 is 10.2 Å². The lowest BCUT2D eigenvalue weighted by atomic mass is 9.69. The highest BCUT2D eigenvalue weighted by atomic mass is 16.2. The zero-order valence-corrected chi connectivity index (χ0v) is 16.9. The van der Waals surface area contributed by atoms with Crippen LogP contribution >= 0.6 is 0 Å². The molecule has 0 aliphatic carbocycles. The molecule has 0 saturated carbocycles. The number of hydrogen-bond acceptors (Lipinski definition) is 3. The van der Waals surface area contributed by atoms with Gasteiger partial charge in [-0.05, 0) is 69.4 Å². The van der Waals surface area contributed by atoms with E-state index in [0.717, 1.165) is 25.9 Å². The van der Waals surface area contributed by atoms with Crippen molar-refractivity contribution in [1.82, 2.24) is 15.1 Å². The number of nitrogens with one attached hydrogen (secondary N) is 1. The maximum absolute atomic E-state index is 12.4. The van der Waals surface area contributed by atoms with Gasteiger partial charge in [0, 0.05) is 38.5 Å². The summed E-state index contributed by atoms with van der Waals surface area (Å²) in [5, 5.41) is 3.01. The Bertz CT molecular complexity index is 505. The van der Waals surface area contributed by atoms with E-state index in [1.54, 1.807) is 6.92 Å². The van der Waals surface area contributed by atoms with E-state index in [4.69, 9.17) is 0 Å². The minimum absolute atomic E-state index is 0.157. The first kappa shape index (κ1) is 19.7. The molecular weight excluding hydrogens is 326 g/mol. The normalized spacial score (nSPS) is 31.6. The largest absolute Gasteiger partial charge is 0.356 e. The van der Waals surface area contributed by atoms with Gasteiger partial charge in [0.1, 0.15) is 0 Å². The zero-order valence-electron chi connectivity index (χ0n) is 16.9. The summed E-state index contributed by atoms with van der Waals surface area (Å²) in [6, 6.07) is 1.00. The molecule has 5 nitrogen and oxygen atoms in total. The SMILES string of the molecule is CC(=O)N1C[C@@H]2CCCN3CCC[C@@H]([C@H]23)[C@H]1CCCC(=O)NCC(C)C. The third kappa shape index (κ3) is 4.41. The van der Waals surface area contributed by atoms with Crippen molar-refractivity contribution >= 4 is 11.8 Å². The van der Waals surface area contributed by atoms with Gasteiger partial charge in [0.15, 0.2) is 0 Å². The van der Waals surface area contributed by atoms with E-state index in [9.17, 15) is 9.59 Å². The van der Waals surface area contributed by atoms with Crippen LogP contribution in [0.5, 0.6) is 0 Å². The Hall–Kier alpha value is -1.10. The molecule has 3 aliphatic heterocycles. The quantitative estimate of drug-likeness (QED) is 0.789. The first-order chi connectivity index (χ1) is 12.5. The van der Waals surface area contributed by atoms with E-state index >= 15 is 0 Å². The van der Waals surface area contributed by atoms with Crippen molar-refractivity contribution < 1.29 is 9.59 Å². The van der Waals surface area contributed by atoms with Crippen LogP contribution in [0, 0.1) is 17.8 Å². The van der Waals surface area contributed by atoms with Crippen molar-refractivity contribution in [2.45, 2.75) is 77.8 Å². The van der Waals surface area contributed by atoms with Crippen LogP contribution in [0.2, 0.25) is 0 Å². The van der Waals surface area contributed by atoms with Gasteiger partial charge >= 0.3 is 0 Å². The monoisotopic (exact) mass is 363 g/mol. The summed E-state index contributed by atoms with van der Waals surface area (Å²) in [4.78, 5) is 29.3. The second-order valence-corrected chi connectivity index (χ2v) is 9.06. The number of carbonyl (C=O) groups excluding carboxylic acids is 2. The number of carbonyl (C=O) groups is 2. The Morgan fingerprint density at radius 3 is 2.58 bits per heavy atom. The summed E-state index contributed by atoms with van der Waals surface area (Å²) in [7, 11) is 0. The standard InChI is InChI=1S/C21H37N3O2/c1-15(2)13-22-20(26)10-4-9-19-18-8-6-12-23-11-5-7-17(21(18)23)14-24(19)16(3)25/h15,17-19,21H,4-14H2,1-3H3,(H,22,26)/t17-,18+,19+,21-/m0/s1. The Kier molecular flexibility index (Phi) is 6.60. The highest BCUT2D eigenvalue weighted by molar-refractivity contribution is 5.76. The molecule has 5 heteroatoms. The molecule has 0 aromatic heterocycles. The second-order valence-electron chi connectivity index (χ2n) is 9.06. The third-order valence-corrected chi connectivity index (χ3v) is 6.69. The maximum atomic E-state index is 12.4. The Labute approximate surface area is 158 Å². The number of piperidine rings is 3. The van der Waals surface area contributed by atoms with E-state index < -0.39 is 0 Å². The Balaban J connectivity index is 1.61. The molecular formula is C21H37N3O2. The van der Waals surface area contributed by atoms with E-state index in [1.165, 1.54) is 38.8 Å². The molecule has 2 amide bonds. The molecule has 0 spiro atoms. The summed E-state index contributed by atoms with van der Waals surface area (Å²) in [5.41, 5.74) is 0. The van der Waals surface area contributed by atoms with Gasteiger partial charge in [0.25, 0.3) is 0 Å². The molecule has 3 fully saturated rings. The summed E-state index contributed by atoms with van der Waals surface area (Å²) in [6.07, 6.45) is 7.48. The number of rotatable bonds is 6. The lowest BCUT2D eigenvalue weighted by molar-refractivity contribution is -0.144. The van der Waals surface area contributed by atoms with E-state index in [-0.39, 0.29) is 11.8 Å². The van der Waals surface area contributed by atoms with Crippen LogP contribution < -0.4 is 5.32 Å². The Morgan fingerprint density at radius 1 is 1.15 bits per heavy atom. The van der Waals surface area contributed by atoms with Gasteiger partial charge in [0.2, 0.25) is 11.8 Å². The van der Waals surface area contributed by atoms with Crippen LogP contribution in [-0.4, -0.2) is 59.9 Å². The maximum Gasteiger partial charge on any atom is 0.220 e. The van der Waals surface area contributed by atoms with Gasteiger partial charge in [0.05, 0.1) is 0 Å². The average Bonchev–Trinajstić information content (AvgIpc) is 2.61. The molecule has 0 unspecified atom stereocenters. The molecule has 0 aromatic rings. The van der Waals surface area contributed by atoms with Crippen molar-refractivity contribution in [2.24, 2.45) is 17.8 Å². The topological polar surface area (TPSA) is 52.7 Å². The first-order valence-corrected chi connectivity index (χ1v) is 10.7. The van der Waals surface area contributed by atoms with Crippen LogP contribution in [0.1, 0.15) is 65.7 Å². The van der Waals surface area contributed by atoms with Crippen molar-refractivity contribution in [3.8, 4) is 0 Å². The first-order valence-electron chi connectivity index (χ1n) is 10.7. The van der Waals surface area contributed by atoms with Crippen molar-refractivity contribution in [2.75, 3.05) is 26.2 Å². The molecule has 3 saturated heterocycles. The predicted octanol–water partition coefficient (Wildman–Crippen LogP) is 2.65. The van der Waals surface area contributed by atoms with Crippen molar-refractivity contribution in [3.63, 3.8) is 0 Å². The molecule has 3 aliphatic rings. The predicted molar refractivity (Wildman–Crippen MR) is 104 cm³/mol. The molecule has 0 bridgehead atoms. The fraction of sp³-hybridized carbons (Fsp3) is 0.905. The fourth-order valence-corrected chi connectivity index (χ4v) is 5.61. The fourth-order valence-electron chi connectivity index (χ4n) is 5.61. The summed E-state index contributed by atoms with van der Waals surface area (Å²) < 4.78 is 0. The minimum atomic E-state index is 0.157. The zero-order chi connectivity index (χ0) is 18.7. The van der Waals surface area contributed by atoms with Gasteiger partial charge in [-0.3, -0.25) is 14.5 Å². The van der Waals surface area contributed by atoms with Crippen LogP contribution in [0.3, 0.4) is 0 Å². The third-order valence-electron chi connectivity index (χ3n) is 6.69. The van der Waals surface area contributed by atoms with Gasteiger partial charge in [-0.1, -0.05) is 13.8 Å². The molecule has 3 rings (SSSR count). The van der Waals surface area contributed by atoms with Crippen molar-refractivity contribution in [1.29, 1.82) is 0 Å². The summed E-state index contributed by atoms with van der Waals surface area (Å²) >= 11 is 0.